The van der Waals surface area contributed by atoms with Gasteiger partial charge in [0.1, 0.15) is 42.9 Å². The van der Waals surface area contributed by atoms with E-state index in [9.17, 15) is 24.2 Å². The van der Waals surface area contributed by atoms with Gasteiger partial charge >= 0.3 is 14.5 Å². The number of carbonyl (C=O) groups excluding carboxylic acids is 4. The Morgan fingerprint density at radius 1 is 0.744 bits per heavy atom. The summed E-state index contributed by atoms with van der Waals surface area (Å²) in [6, 6.07) is 12.3. The zero-order valence-electron chi connectivity index (χ0n) is 54.1. The highest BCUT2D eigenvalue weighted by Crippen LogP contribution is 2.45. The molecule has 1 radical (unpaired) electrons. The van der Waals surface area contributed by atoms with Crippen molar-refractivity contribution in [1.29, 1.82) is 0 Å². The number of benzene rings is 3. The molecule has 0 spiro atoms. The van der Waals surface area contributed by atoms with E-state index in [0.717, 1.165) is 46.0 Å². The van der Waals surface area contributed by atoms with E-state index in [4.69, 9.17) is 47.1 Å². The van der Waals surface area contributed by atoms with Crippen molar-refractivity contribution in [3.05, 3.63) is 100 Å². The first-order valence-corrected chi connectivity index (χ1v) is 35.5. The number of aromatic nitrogens is 3. The fourth-order valence-corrected chi connectivity index (χ4v) is 12.9. The van der Waals surface area contributed by atoms with E-state index < -0.39 is 21.6 Å². The fraction of sp³-hybridized carbons (Fsp3) is 0.562. The third-order valence-corrected chi connectivity index (χ3v) is 22.2. The molecule has 3 aromatic carbocycles. The number of anilines is 2. The van der Waals surface area contributed by atoms with Gasteiger partial charge < -0.3 is 76.3 Å². The second kappa shape index (κ2) is 32.7. The van der Waals surface area contributed by atoms with Gasteiger partial charge in [0, 0.05) is 60.5 Å². The highest BCUT2D eigenvalue weighted by molar-refractivity contribution is 14.1. The average Bonchev–Trinajstić information content (AvgIpc) is 1.62. The Bertz CT molecular complexity index is 3180. The van der Waals surface area contributed by atoms with Crippen molar-refractivity contribution < 1.29 is 71.3 Å². The summed E-state index contributed by atoms with van der Waals surface area (Å²) in [5, 5.41) is 20.1. The van der Waals surface area contributed by atoms with Crippen LogP contribution in [0.15, 0.2) is 72.2 Å². The first-order chi connectivity index (χ1) is 43.1. The molecule has 90 heavy (non-hydrogen) atoms. The van der Waals surface area contributed by atoms with Crippen LogP contribution in [0.2, 0.25) is 25.0 Å². The van der Waals surface area contributed by atoms with Gasteiger partial charge in [0.05, 0.1) is 120 Å². The van der Waals surface area contributed by atoms with Crippen molar-refractivity contribution >= 4 is 80.5 Å². The molecule has 4 aromatic rings. The third-order valence-electron chi connectivity index (χ3n) is 16.9. The van der Waals surface area contributed by atoms with Gasteiger partial charge in [-0.1, -0.05) is 59.7 Å². The molecule has 8 rings (SSSR count). The van der Waals surface area contributed by atoms with Crippen molar-refractivity contribution in [2.75, 3.05) is 100 Å². The number of methoxy groups -OCH3 is 1. The van der Waals surface area contributed by atoms with Gasteiger partial charge in [-0.15, -0.1) is 5.10 Å². The molecular weight excluding hydrogens is 1280 g/mol. The molecule has 0 unspecified atom stereocenters. The van der Waals surface area contributed by atoms with Gasteiger partial charge in [-0.3, -0.25) is 14.4 Å². The van der Waals surface area contributed by atoms with E-state index in [1.807, 2.05) is 86.2 Å². The number of nitrogens with zero attached hydrogens (tertiary/aromatic N) is 7. The monoisotopic (exact) mass is 1370 g/mol. The predicted octanol–water partition coefficient (Wildman–Crippen LogP) is 8.84. The first-order valence-electron chi connectivity index (χ1n) is 31.0. The molecule has 1 aromatic heterocycles. The van der Waals surface area contributed by atoms with E-state index in [-0.39, 0.29) is 54.0 Å². The van der Waals surface area contributed by atoms with Crippen LogP contribution in [-0.2, 0) is 62.2 Å². The van der Waals surface area contributed by atoms with Crippen LogP contribution in [0.25, 0.3) is 11.3 Å². The maximum absolute atomic E-state index is 14.6. The summed E-state index contributed by atoms with van der Waals surface area (Å²) in [5.74, 6) is 1.13. The molecule has 0 fully saturated rings. The number of hydrogen-bond acceptors (Lipinski definition) is 19. The highest BCUT2D eigenvalue weighted by Gasteiger charge is 2.49. The highest BCUT2D eigenvalue weighted by atomic mass is 127. The summed E-state index contributed by atoms with van der Waals surface area (Å²) in [4.78, 5) is 60.0. The van der Waals surface area contributed by atoms with Gasteiger partial charge in [-0.2, -0.15) is 0 Å². The van der Waals surface area contributed by atoms with Gasteiger partial charge in [0.15, 0.2) is 19.8 Å². The summed E-state index contributed by atoms with van der Waals surface area (Å²) in [7, 11) is -0.397. The standard InChI is InChI=1S/C64H89B2IN7O15Si/c1-43-27-54-46(4)74(66(8)79)56-35-60(59(80-9)33-52(56)62(78)71(54)37-43)88-41-48-30-47(40-87-58-34-55-51(29-45(58)3)61(77)72-38-44(2)28-57(72)63(73(55)65-42-75)89-90(10,11)64(5,6)7)31-49(32-48)53-39-70(69-68-53)14-16-82-18-20-84-22-24-86-26-25-85-23-21-83-19-17-81-15-12-13-50(76)36-67/h29-35,37-39,42,46,54,57,63,79H,12-28,36,40-41H2,1-11H3/t46-,54-,57-,63-/m0/s1. The van der Waals surface area contributed by atoms with Crippen LogP contribution in [0.1, 0.15) is 105 Å². The number of Topliss-reactive ketones (excluding diaryl/α,β-unsaturated/α-hetero) is 1. The number of aryl methyl sites for hydroxylation is 1. The number of alkyl halides is 1. The largest absolute Gasteiger partial charge is 0.493 e. The predicted molar refractivity (Wildman–Crippen MR) is 356 cm³/mol. The van der Waals surface area contributed by atoms with Crippen molar-refractivity contribution in [2.45, 2.75) is 143 Å². The number of rotatable bonds is 36. The average molecular weight is 1370 g/mol. The van der Waals surface area contributed by atoms with E-state index in [1.165, 1.54) is 14.5 Å². The smallest absolute Gasteiger partial charge is 0.409 e. The molecule has 2 amide bonds. The van der Waals surface area contributed by atoms with E-state index in [2.05, 4.69) is 66.8 Å². The Morgan fingerprint density at radius 2 is 1.28 bits per heavy atom. The molecule has 0 aliphatic carbocycles. The molecule has 4 aliphatic heterocycles. The molecule has 5 heterocycles. The van der Waals surface area contributed by atoms with Crippen LogP contribution in [0, 0.1) is 6.92 Å². The van der Waals surface area contributed by atoms with Crippen LogP contribution in [0.5, 0.6) is 17.2 Å². The topological polar surface area (TPSA) is 224 Å². The Kier molecular flexibility index (Phi) is 25.5. The molecular formula is C64H89B2IN7O15Si. The Balaban J connectivity index is 0.933. The lowest BCUT2D eigenvalue weighted by Crippen LogP contribution is -2.57. The number of halogens is 1. The second-order valence-corrected chi connectivity index (χ2v) is 30.3. The number of ether oxygens (including phenoxy) is 9. The van der Waals surface area contributed by atoms with Crippen molar-refractivity contribution in [2.24, 2.45) is 0 Å². The summed E-state index contributed by atoms with van der Waals surface area (Å²) in [5.41, 5.74) is 7.61. The lowest BCUT2D eigenvalue weighted by Gasteiger charge is -2.45. The van der Waals surface area contributed by atoms with Crippen LogP contribution < -0.4 is 23.8 Å². The minimum absolute atomic E-state index is 0.0622. The SMILES string of the molecule is COc1cc2c(cc1OCc1cc(COc3cc4c(cc3C)C(=O)N3C=C(C)C[C@H]3[C@H](O[Si](C)(C)C(C)(C)C)N4[B]C=O)cc(-c3cn(CCOCCOCCOCCOCCOCCOCCCC(=O)CI)nn3)c1)N(B(C)O)[C@@H](C)[C@@H]1CC(C)=CN1C2=O. The van der Waals surface area contributed by atoms with E-state index in [0.29, 0.717) is 155 Å². The van der Waals surface area contributed by atoms with Crippen molar-refractivity contribution in [3.63, 3.8) is 0 Å². The zero-order chi connectivity index (χ0) is 64.7. The molecule has 0 bridgehead atoms. The summed E-state index contributed by atoms with van der Waals surface area (Å²) < 4.78 is 62.5. The van der Waals surface area contributed by atoms with Crippen LogP contribution in [0.4, 0.5) is 11.4 Å². The van der Waals surface area contributed by atoms with Crippen LogP contribution in [0.3, 0.4) is 0 Å². The molecule has 0 saturated heterocycles. The minimum Gasteiger partial charge on any atom is -0.493 e. The van der Waals surface area contributed by atoms with E-state index in [1.54, 1.807) is 33.4 Å². The lowest BCUT2D eigenvalue weighted by atomic mass is 9.80. The lowest BCUT2D eigenvalue weighted by molar-refractivity contribution is -0.116. The molecule has 4 aliphatic rings. The molecule has 22 nitrogen and oxygen atoms in total. The molecule has 26 heteroatoms. The summed E-state index contributed by atoms with van der Waals surface area (Å²) in [6.07, 6.45) is 8.31. The third kappa shape index (κ3) is 17.9. The molecule has 4 atom stereocenters. The van der Waals surface area contributed by atoms with Gasteiger partial charge in [0.2, 0.25) is 0 Å². The van der Waals surface area contributed by atoms with Gasteiger partial charge in [-0.25, -0.2) is 4.68 Å². The Hall–Kier alpha value is -5.68. The summed E-state index contributed by atoms with van der Waals surface area (Å²) in [6.45, 7) is 26.4. The molecule has 487 valence electrons. The normalized spacial score (nSPS) is 18.1. The number of ketones is 1. The fourth-order valence-electron chi connectivity index (χ4n) is 11.2. The maximum Gasteiger partial charge on any atom is 0.409 e. The van der Waals surface area contributed by atoms with Crippen molar-refractivity contribution in [3.8, 4) is 28.5 Å². The number of hydrogen-bond donors (Lipinski definition) is 1. The van der Waals surface area contributed by atoms with E-state index >= 15 is 0 Å². The maximum atomic E-state index is 14.6. The Labute approximate surface area is 545 Å². The first kappa shape index (κ1) is 70.2. The quantitative estimate of drug-likeness (QED) is 0.0148. The minimum atomic E-state index is -2.47. The van der Waals surface area contributed by atoms with Crippen molar-refractivity contribution in [1.82, 2.24) is 24.8 Å². The van der Waals surface area contributed by atoms with Crippen LogP contribution in [-0.4, -0.2) is 192 Å². The van der Waals surface area contributed by atoms with Gasteiger partial charge in [0.25, 0.3) is 11.8 Å². The Morgan fingerprint density at radius 3 is 1.83 bits per heavy atom. The molecule has 0 saturated carbocycles. The number of fused-ring (bicyclic) bond motifs is 4. The zero-order valence-corrected chi connectivity index (χ0v) is 57.3. The second-order valence-electron chi connectivity index (χ2n) is 24.7. The number of amides is 2. The van der Waals surface area contributed by atoms with Gasteiger partial charge in [-0.05, 0) is 119 Å². The summed E-state index contributed by atoms with van der Waals surface area (Å²) >= 11 is 2.08. The van der Waals surface area contributed by atoms with Crippen LogP contribution >= 0.6 is 22.6 Å². The molecule has 1 N–H and O–H groups in total. The number of carbonyl (C=O) groups is 4.